The number of nitrogens with zero attached hydrogens (tertiary/aromatic N) is 2. The molecule has 0 aromatic carbocycles. The van der Waals surface area contributed by atoms with Gasteiger partial charge in [0.05, 0.1) is 25.2 Å². The molecule has 126 valence electrons. The molecule has 0 bridgehead atoms. The van der Waals surface area contributed by atoms with Crippen molar-refractivity contribution < 1.29 is 14.6 Å². The second-order valence-electron chi connectivity index (χ2n) is 7.26. The number of hydrogen-bond acceptors (Lipinski definition) is 4. The molecule has 0 aromatic rings. The molecule has 5 heteroatoms. The summed E-state index contributed by atoms with van der Waals surface area (Å²) in [5.41, 5.74) is -0.724. The predicted octanol–water partition coefficient (Wildman–Crippen LogP) is 1.39. The van der Waals surface area contributed by atoms with E-state index in [4.69, 9.17) is 4.74 Å². The van der Waals surface area contributed by atoms with E-state index in [0.29, 0.717) is 12.5 Å². The van der Waals surface area contributed by atoms with Gasteiger partial charge >= 0.3 is 0 Å². The van der Waals surface area contributed by atoms with Crippen molar-refractivity contribution in [1.29, 1.82) is 0 Å². The highest BCUT2D eigenvalue weighted by Gasteiger charge is 2.37. The predicted molar refractivity (Wildman–Crippen MR) is 84.6 cm³/mol. The first-order valence-electron chi connectivity index (χ1n) is 8.98. The molecule has 0 spiro atoms. The van der Waals surface area contributed by atoms with Gasteiger partial charge in [0.25, 0.3) is 0 Å². The molecular weight excluding hydrogens is 280 g/mol. The summed E-state index contributed by atoms with van der Waals surface area (Å²) in [5, 5.41) is 10.5. The Hall–Kier alpha value is -0.650. The summed E-state index contributed by atoms with van der Waals surface area (Å²) >= 11 is 0. The van der Waals surface area contributed by atoms with Crippen LogP contribution in [0.3, 0.4) is 0 Å². The first-order chi connectivity index (χ1) is 10.7. The number of carbonyl (C=O) groups excluding carboxylic acids is 1. The van der Waals surface area contributed by atoms with Crippen LogP contribution in [0.1, 0.15) is 51.4 Å². The Bertz CT molecular complexity index is 376. The molecule has 1 aliphatic carbocycles. The van der Waals surface area contributed by atoms with Gasteiger partial charge in [0.15, 0.2) is 0 Å². The summed E-state index contributed by atoms with van der Waals surface area (Å²) < 4.78 is 5.41. The fourth-order valence-corrected chi connectivity index (χ4v) is 4.19. The summed E-state index contributed by atoms with van der Waals surface area (Å²) in [5.74, 6) is 0.169. The topological polar surface area (TPSA) is 53.0 Å². The molecule has 0 aromatic heterocycles. The van der Waals surface area contributed by atoms with Crippen LogP contribution in [-0.4, -0.2) is 71.8 Å². The fraction of sp³-hybridized carbons (Fsp3) is 0.941. The van der Waals surface area contributed by atoms with Crippen LogP contribution in [0.2, 0.25) is 0 Å². The van der Waals surface area contributed by atoms with Crippen molar-refractivity contribution in [2.75, 3.05) is 39.4 Å². The lowest BCUT2D eigenvalue weighted by Crippen LogP contribution is -2.52. The minimum atomic E-state index is -0.724. The molecule has 2 aliphatic heterocycles. The van der Waals surface area contributed by atoms with E-state index in [0.717, 1.165) is 77.9 Å². The molecule has 3 rings (SSSR count). The van der Waals surface area contributed by atoms with Crippen LogP contribution in [-0.2, 0) is 9.53 Å². The molecular formula is C17H30N2O3. The molecule has 1 atom stereocenters. The van der Waals surface area contributed by atoms with E-state index in [1.165, 1.54) is 6.42 Å². The lowest BCUT2D eigenvalue weighted by Gasteiger charge is -2.40. The van der Waals surface area contributed by atoms with E-state index in [-0.39, 0.29) is 5.91 Å². The number of carbonyl (C=O) groups is 1. The minimum absolute atomic E-state index is 0.169. The Labute approximate surface area is 133 Å². The zero-order valence-electron chi connectivity index (χ0n) is 13.6. The Morgan fingerprint density at radius 2 is 1.82 bits per heavy atom. The maximum absolute atomic E-state index is 12.7. The molecule has 3 aliphatic rings. The van der Waals surface area contributed by atoms with Gasteiger partial charge in [0, 0.05) is 32.2 Å². The van der Waals surface area contributed by atoms with Gasteiger partial charge in [-0.2, -0.15) is 0 Å². The van der Waals surface area contributed by atoms with E-state index < -0.39 is 5.60 Å². The largest absolute Gasteiger partial charge is 0.389 e. The van der Waals surface area contributed by atoms with E-state index in [9.17, 15) is 9.90 Å². The average Bonchev–Trinajstić information content (AvgIpc) is 2.95. The molecule has 3 fully saturated rings. The van der Waals surface area contributed by atoms with Crippen molar-refractivity contribution >= 4 is 5.91 Å². The Balaban J connectivity index is 1.57. The van der Waals surface area contributed by atoms with Crippen molar-refractivity contribution in [1.82, 2.24) is 9.80 Å². The molecule has 1 N–H and O–H groups in total. The van der Waals surface area contributed by atoms with Crippen LogP contribution in [0.15, 0.2) is 0 Å². The molecule has 0 radical (unpaired) electrons. The summed E-state index contributed by atoms with van der Waals surface area (Å²) in [6, 6.07) is 0.323. The highest BCUT2D eigenvalue weighted by molar-refractivity contribution is 5.77. The third-order valence-electron chi connectivity index (χ3n) is 5.53. The zero-order valence-corrected chi connectivity index (χ0v) is 13.6. The zero-order chi connectivity index (χ0) is 15.4. The number of aliphatic hydroxyl groups is 1. The van der Waals surface area contributed by atoms with Gasteiger partial charge in [-0.15, -0.1) is 0 Å². The highest BCUT2D eigenvalue weighted by atomic mass is 16.5. The van der Waals surface area contributed by atoms with Crippen LogP contribution in [0.5, 0.6) is 0 Å². The second kappa shape index (κ2) is 7.28. The van der Waals surface area contributed by atoms with E-state index >= 15 is 0 Å². The first kappa shape index (κ1) is 16.2. The summed E-state index contributed by atoms with van der Waals surface area (Å²) in [7, 11) is 0. The van der Waals surface area contributed by atoms with Crippen molar-refractivity contribution in [3.8, 4) is 0 Å². The maximum Gasteiger partial charge on any atom is 0.225 e. The van der Waals surface area contributed by atoms with Gasteiger partial charge in [-0.3, -0.25) is 9.69 Å². The lowest BCUT2D eigenvalue weighted by molar-refractivity contribution is -0.140. The quantitative estimate of drug-likeness (QED) is 0.853. The maximum atomic E-state index is 12.7. The van der Waals surface area contributed by atoms with Crippen molar-refractivity contribution in [2.45, 2.75) is 63.0 Å². The van der Waals surface area contributed by atoms with Crippen molar-refractivity contribution in [3.05, 3.63) is 0 Å². The van der Waals surface area contributed by atoms with Gasteiger partial charge in [-0.1, -0.05) is 12.8 Å². The number of ether oxygens (including phenoxy) is 1. The number of hydrogen-bond donors (Lipinski definition) is 1. The molecule has 2 heterocycles. The third kappa shape index (κ3) is 4.00. The lowest BCUT2D eigenvalue weighted by atomic mass is 9.94. The number of morpholine rings is 1. The number of piperidine rings is 1. The van der Waals surface area contributed by atoms with Gasteiger partial charge in [0.2, 0.25) is 5.91 Å². The van der Waals surface area contributed by atoms with E-state index in [1.54, 1.807) is 0 Å². The van der Waals surface area contributed by atoms with Gasteiger partial charge in [-0.25, -0.2) is 0 Å². The normalized spacial score (nSPS) is 29.7. The van der Waals surface area contributed by atoms with Crippen LogP contribution in [0.4, 0.5) is 0 Å². The van der Waals surface area contributed by atoms with Crippen molar-refractivity contribution in [3.63, 3.8) is 0 Å². The molecule has 5 nitrogen and oxygen atoms in total. The number of rotatable bonds is 4. The fourth-order valence-electron chi connectivity index (χ4n) is 4.19. The van der Waals surface area contributed by atoms with Crippen LogP contribution < -0.4 is 0 Å². The van der Waals surface area contributed by atoms with Gasteiger partial charge < -0.3 is 14.7 Å². The SMILES string of the molecule is O=C(CC1(O)CCCC1)N1CCCCC1CN1CCOCC1. The van der Waals surface area contributed by atoms with Crippen LogP contribution in [0, 0.1) is 0 Å². The van der Waals surface area contributed by atoms with Crippen LogP contribution >= 0.6 is 0 Å². The van der Waals surface area contributed by atoms with E-state index in [2.05, 4.69) is 9.80 Å². The summed E-state index contributed by atoms with van der Waals surface area (Å²) in [6.07, 6.45) is 7.43. The standard InChI is InChI=1S/C17H30N2O3/c20-16(13-17(21)6-2-3-7-17)19-8-4-1-5-15(19)14-18-9-11-22-12-10-18/h15,21H,1-14H2. The molecule has 22 heavy (non-hydrogen) atoms. The summed E-state index contributed by atoms with van der Waals surface area (Å²) in [6.45, 7) is 5.39. The first-order valence-corrected chi connectivity index (χ1v) is 8.98. The molecule has 1 saturated carbocycles. The monoisotopic (exact) mass is 310 g/mol. The average molecular weight is 310 g/mol. The smallest absolute Gasteiger partial charge is 0.225 e. The Morgan fingerprint density at radius 3 is 2.55 bits per heavy atom. The molecule has 1 amide bonds. The second-order valence-corrected chi connectivity index (χ2v) is 7.26. The molecule has 2 saturated heterocycles. The minimum Gasteiger partial charge on any atom is -0.389 e. The highest BCUT2D eigenvalue weighted by Crippen LogP contribution is 2.33. The van der Waals surface area contributed by atoms with Crippen molar-refractivity contribution in [2.24, 2.45) is 0 Å². The number of amides is 1. The van der Waals surface area contributed by atoms with Gasteiger partial charge in [0.1, 0.15) is 0 Å². The third-order valence-corrected chi connectivity index (χ3v) is 5.53. The van der Waals surface area contributed by atoms with Crippen LogP contribution in [0.25, 0.3) is 0 Å². The number of likely N-dealkylation sites (tertiary alicyclic amines) is 1. The summed E-state index contributed by atoms with van der Waals surface area (Å²) in [4.78, 5) is 17.2. The van der Waals surface area contributed by atoms with E-state index in [1.807, 2.05) is 0 Å². The Kier molecular flexibility index (Phi) is 5.37. The van der Waals surface area contributed by atoms with Gasteiger partial charge in [-0.05, 0) is 32.1 Å². The molecule has 1 unspecified atom stereocenters. The Morgan fingerprint density at radius 1 is 1.09 bits per heavy atom.